The summed E-state index contributed by atoms with van der Waals surface area (Å²) in [4.78, 5) is 21.9. The molecular weight excluding hydrogens is 553 g/mol. The van der Waals surface area contributed by atoms with E-state index in [9.17, 15) is 14.3 Å². The number of carbonyl (C=O) groups is 1. The maximum Gasteiger partial charge on any atom is 0.472 e. The summed E-state index contributed by atoms with van der Waals surface area (Å²) in [5.41, 5.74) is 5.30. The summed E-state index contributed by atoms with van der Waals surface area (Å²) in [6.45, 7) is 4.74. The zero-order valence-electron chi connectivity index (χ0n) is 27.2. The van der Waals surface area contributed by atoms with Crippen LogP contribution in [0.2, 0.25) is 0 Å². The van der Waals surface area contributed by atoms with Gasteiger partial charge < -0.3 is 20.1 Å². The topological polar surface area (TPSA) is 117 Å². The van der Waals surface area contributed by atoms with Crippen molar-refractivity contribution in [3.63, 3.8) is 0 Å². The van der Waals surface area contributed by atoms with Gasteiger partial charge in [-0.05, 0) is 38.5 Å². The molecule has 0 rings (SSSR count). The third-order valence-electron chi connectivity index (χ3n) is 7.18. The minimum absolute atomic E-state index is 0.0942. The van der Waals surface area contributed by atoms with Gasteiger partial charge in [-0.3, -0.25) is 13.8 Å². The molecule has 0 aromatic heterocycles. The molecule has 0 amide bonds. The monoisotopic (exact) mass is 619 g/mol. The lowest BCUT2D eigenvalue weighted by Gasteiger charge is -2.20. The van der Waals surface area contributed by atoms with Crippen LogP contribution in [0.5, 0.6) is 0 Å². The summed E-state index contributed by atoms with van der Waals surface area (Å²) in [5, 5.41) is 0. The largest absolute Gasteiger partial charge is 0.472 e. The molecule has 0 saturated carbocycles. The van der Waals surface area contributed by atoms with Crippen LogP contribution in [0.25, 0.3) is 0 Å². The zero-order chi connectivity index (χ0) is 31.0. The lowest BCUT2D eigenvalue weighted by Crippen LogP contribution is -2.28. The normalized spacial score (nSPS) is 13.9. The van der Waals surface area contributed by atoms with Crippen LogP contribution in [0, 0.1) is 0 Å². The average Bonchev–Trinajstić information content (AvgIpc) is 2.97. The van der Waals surface area contributed by atoms with Crippen molar-refractivity contribution in [1.82, 2.24) is 0 Å². The van der Waals surface area contributed by atoms with Gasteiger partial charge in [-0.2, -0.15) is 0 Å². The molecule has 0 aliphatic rings. The lowest BCUT2D eigenvalue weighted by molar-refractivity contribution is -0.154. The molecule has 0 heterocycles. The fourth-order valence-corrected chi connectivity index (χ4v) is 5.40. The van der Waals surface area contributed by atoms with Gasteiger partial charge in [0, 0.05) is 19.6 Å². The first-order valence-electron chi connectivity index (χ1n) is 17.2. The van der Waals surface area contributed by atoms with Crippen LogP contribution in [0.4, 0.5) is 0 Å². The summed E-state index contributed by atoms with van der Waals surface area (Å²) in [6, 6.07) is 0. The molecule has 0 spiro atoms. The van der Waals surface area contributed by atoms with E-state index in [0.717, 1.165) is 32.1 Å². The van der Waals surface area contributed by atoms with E-state index in [1.807, 2.05) is 0 Å². The summed E-state index contributed by atoms with van der Waals surface area (Å²) >= 11 is 0. The fourth-order valence-electron chi connectivity index (χ4n) is 4.64. The Morgan fingerprint density at radius 1 is 0.690 bits per heavy atom. The molecule has 0 aromatic rings. The van der Waals surface area contributed by atoms with Crippen molar-refractivity contribution in [2.75, 3.05) is 33.0 Å². The minimum atomic E-state index is -4.24. The molecule has 0 radical (unpaired) electrons. The number of rotatable bonds is 33. The summed E-state index contributed by atoms with van der Waals surface area (Å²) in [6.07, 6.45) is 30.2. The number of esters is 1. The van der Waals surface area contributed by atoms with Crippen molar-refractivity contribution in [3.8, 4) is 0 Å². The number of phosphoric acid groups is 1. The Morgan fingerprint density at radius 2 is 1.19 bits per heavy atom. The SMILES string of the molecule is CCCCCCCC/C=C\CCCCCCCCCCCCOCC(COP(=O)(O)OCCN)OC(=O)CCCCC. The number of hydrogen-bond donors (Lipinski definition) is 2. The molecule has 2 atom stereocenters. The first-order chi connectivity index (χ1) is 20.4. The maximum atomic E-state index is 12.1. The molecule has 0 aliphatic heterocycles. The van der Waals surface area contributed by atoms with Gasteiger partial charge >= 0.3 is 13.8 Å². The van der Waals surface area contributed by atoms with Crippen molar-refractivity contribution in [1.29, 1.82) is 0 Å². The molecular formula is C33H66NO7P. The standard InChI is InChI=1S/C33H66NO7P/c1-3-5-7-8-9-10-11-12-13-14-15-16-17-18-19-20-21-22-23-25-28-38-30-32(41-33(35)26-24-6-4-2)31-40-42(36,37)39-29-27-34/h12-13,32H,3-11,14-31,34H2,1-2H3,(H,36,37)/b13-12-. The van der Waals surface area contributed by atoms with Crippen molar-refractivity contribution in [3.05, 3.63) is 12.2 Å². The van der Waals surface area contributed by atoms with E-state index in [4.69, 9.17) is 24.3 Å². The molecule has 3 N–H and O–H groups in total. The number of phosphoric ester groups is 1. The van der Waals surface area contributed by atoms with E-state index in [1.54, 1.807) is 0 Å². The van der Waals surface area contributed by atoms with Gasteiger partial charge in [-0.15, -0.1) is 0 Å². The van der Waals surface area contributed by atoms with Crippen LogP contribution in [-0.4, -0.2) is 49.9 Å². The van der Waals surface area contributed by atoms with Gasteiger partial charge in [0.1, 0.15) is 6.10 Å². The Kier molecular flexibility index (Phi) is 31.1. The molecule has 9 heteroatoms. The minimum Gasteiger partial charge on any atom is -0.457 e. The van der Waals surface area contributed by atoms with Gasteiger partial charge in [-0.25, -0.2) is 4.57 Å². The van der Waals surface area contributed by atoms with E-state index in [1.165, 1.54) is 103 Å². The smallest absolute Gasteiger partial charge is 0.457 e. The molecule has 0 aromatic carbocycles. The van der Waals surface area contributed by atoms with Crippen LogP contribution >= 0.6 is 7.82 Å². The summed E-state index contributed by atoms with van der Waals surface area (Å²) in [5.74, 6) is -0.355. The zero-order valence-corrected chi connectivity index (χ0v) is 28.1. The van der Waals surface area contributed by atoms with Crippen LogP contribution in [0.3, 0.4) is 0 Å². The molecule has 42 heavy (non-hydrogen) atoms. The van der Waals surface area contributed by atoms with Crippen LogP contribution < -0.4 is 5.73 Å². The van der Waals surface area contributed by atoms with Crippen molar-refractivity contribution >= 4 is 13.8 Å². The number of carbonyl (C=O) groups excluding carboxylic acids is 1. The van der Waals surface area contributed by atoms with E-state index < -0.39 is 13.9 Å². The predicted octanol–water partition coefficient (Wildman–Crippen LogP) is 9.19. The highest BCUT2D eigenvalue weighted by atomic mass is 31.2. The molecule has 2 unspecified atom stereocenters. The molecule has 250 valence electrons. The van der Waals surface area contributed by atoms with Gasteiger partial charge in [-0.1, -0.05) is 122 Å². The van der Waals surface area contributed by atoms with Crippen LogP contribution in [-0.2, 0) is 27.9 Å². The second-order valence-corrected chi connectivity index (χ2v) is 12.8. The van der Waals surface area contributed by atoms with E-state index >= 15 is 0 Å². The second kappa shape index (κ2) is 31.7. The summed E-state index contributed by atoms with van der Waals surface area (Å²) in [7, 11) is -4.24. The van der Waals surface area contributed by atoms with Crippen LogP contribution in [0.1, 0.15) is 155 Å². The van der Waals surface area contributed by atoms with E-state index in [-0.39, 0.29) is 32.3 Å². The quantitative estimate of drug-likeness (QED) is 0.0323. The average molecular weight is 620 g/mol. The van der Waals surface area contributed by atoms with Gasteiger partial charge in [0.25, 0.3) is 0 Å². The Labute approximate surface area is 258 Å². The van der Waals surface area contributed by atoms with Gasteiger partial charge in [0.15, 0.2) is 0 Å². The number of unbranched alkanes of at least 4 members (excludes halogenated alkanes) is 18. The van der Waals surface area contributed by atoms with E-state index in [2.05, 4.69) is 26.0 Å². The molecule has 0 saturated heterocycles. The molecule has 0 bridgehead atoms. The third kappa shape index (κ3) is 30.7. The highest BCUT2D eigenvalue weighted by molar-refractivity contribution is 7.47. The molecule has 0 fully saturated rings. The Hall–Kier alpha value is -0.760. The maximum absolute atomic E-state index is 12.1. The third-order valence-corrected chi connectivity index (χ3v) is 8.17. The number of allylic oxidation sites excluding steroid dienone is 2. The fraction of sp³-hybridized carbons (Fsp3) is 0.909. The highest BCUT2D eigenvalue weighted by Crippen LogP contribution is 2.43. The second-order valence-electron chi connectivity index (χ2n) is 11.4. The van der Waals surface area contributed by atoms with Crippen LogP contribution in [0.15, 0.2) is 12.2 Å². The van der Waals surface area contributed by atoms with Gasteiger partial charge in [0.05, 0.1) is 19.8 Å². The Bertz CT molecular complexity index is 662. The Balaban J connectivity index is 3.78. The van der Waals surface area contributed by atoms with Crippen molar-refractivity contribution in [2.24, 2.45) is 5.73 Å². The van der Waals surface area contributed by atoms with E-state index in [0.29, 0.717) is 13.0 Å². The molecule has 0 aliphatic carbocycles. The predicted molar refractivity (Wildman–Crippen MR) is 174 cm³/mol. The van der Waals surface area contributed by atoms with Crippen molar-refractivity contribution < 1.29 is 32.8 Å². The Morgan fingerprint density at radius 3 is 1.74 bits per heavy atom. The highest BCUT2D eigenvalue weighted by Gasteiger charge is 2.25. The van der Waals surface area contributed by atoms with Gasteiger partial charge in [0.2, 0.25) is 0 Å². The molecule has 8 nitrogen and oxygen atoms in total. The van der Waals surface area contributed by atoms with Crippen molar-refractivity contribution in [2.45, 2.75) is 161 Å². The first kappa shape index (κ1) is 41.2. The first-order valence-corrected chi connectivity index (χ1v) is 18.7. The summed E-state index contributed by atoms with van der Waals surface area (Å²) < 4.78 is 32.8. The number of hydrogen-bond acceptors (Lipinski definition) is 7. The lowest BCUT2D eigenvalue weighted by atomic mass is 10.1. The number of ether oxygens (including phenoxy) is 2. The number of nitrogens with two attached hydrogens (primary N) is 1.